The van der Waals surface area contributed by atoms with Gasteiger partial charge >= 0.3 is 0 Å². The van der Waals surface area contributed by atoms with E-state index < -0.39 is 0 Å². The number of benzene rings is 1. The summed E-state index contributed by atoms with van der Waals surface area (Å²) in [7, 11) is 0. The largest absolute Gasteiger partial charge is 0.396 e. The third-order valence-electron chi connectivity index (χ3n) is 3.46. The van der Waals surface area contributed by atoms with Gasteiger partial charge in [-0.3, -0.25) is 4.79 Å². The molecule has 1 aliphatic heterocycles. The van der Waals surface area contributed by atoms with Gasteiger partial charge in [0.1, 0.15) is 0 Å². The maximum absolute atomic E-state index is 12.4. The van der Waals surface area contributed by atoms with Crippen molar-refractivity contribution >= 4 is 34.8 Å². The lowest BCUT2D eigenvalue weighted by molar-refractivity contribution is 0.0146. The molecule has 110 valence electrons. The van der Waals surface area contributed by atoms with Crippen LogP contribution in [0.1, 0.15) is 30.1 Å². The van der Waals surface area contributed by atoms with Gasteiger partial charge < -0.3 is 15.4 Å². The average molecular weight is 317 g/mol. The van der Waals surface area contributed by atoms with Crippen LogP contribution >= 0.6 is 23.2 Å². The lowest BCUT2D eigenvalue weighted by Gasteiger charge is -2.32. The van der Waals surface area contributed by atoms with Crippen LogP contribution < -0.4 is 5.73 Å². The molecule has 1 aliphatic rings. The molecule has 1 heterocycles. The Bertz CT molecular complexity index is 477. The van der Waals surface area contributed by atoms with Crippen LogP contribution in [-0.4, -0.2) is 36.6 Å². The number of anilines is 1. The van der Waals surface area contributed by atoms with Crippen LogP contribution in [0.15, 0.2) is 12.1 Å². The van der Waals surface area contributed by atoms with Gasteiger partial charge in [-0.25, -0.2) is 0 Å². The summed E-state index contributed by atoms with van der Waals surface area (Å²) in [5.41, 5.74) is 6.46. The zero-order valence-corrected chi connectivity index (χ0v) is 12.9. The number of carbonyl (C=O) groups excluding carboxylic acids is 1. The topological polar surface area (TPSA) is 55.6 Å². The number of hydrogen-bond acceptors (Lipinski definition) is 3. The Kier molecular flexibility index (Phi) is 5.13. The summed E-state index contributed by atoms with van der Waals surface area (Å²) < 4.78 is 5.57. The Morgan fingerprint density at radius 1 is 1.35 bits per heavy atom. The summed E-state index contributed by atoms with van der Waals surface area (Å²) >= 11 is 11.9. The van der Waals surface area contributed by atoms with Crippen molar-refractivity contribution in [1.82, 2.24) is 4.90 Å². The molecule has 0 aromatic heterocycles. The zero-order valence-electron chi connectivity index (χ0n) is 11.4. The third-order valence-corrected chi connectivity index (χ3v) is 4.08. The van der Waals surface area contributed by atoms with Crippen molar-refractivity contribution in [2.75, 3.05) is 25.4 Å². The minimum absolute atomic E-state index is 0.0660. The summed E-state index contributed by atoms with van der Waals surface area (Å²) in [5, 5.41) is 0.620. The molecule has 4 nitrogen and oxygen atoms in total. The first-order chi connectivity index (χ1) is 9.52. The molecule has 1 amide bonds. The minimum Gasteiger partial charge on any atom is -0.396 e. The molecular weight excluding hydrogens is 299 g/mol. The first-order valence-electron chi connectivity index (χ1n) is 6.68. The van der Waals surface area contributed by atoms with Gasteiger partial charge in [0.05, 0.1) is 21.8 Å². The lowest BCUT2D eigenvalue weighted by atomic mass is 10.1. The molecule has 1 saturated heterocycles. The normalized spacial score (nSPS) is 16.4. The fourth-order valence-electron chi connectivity index (χ4n) is 2.35. The van der Waals surface area contributed by atoms with Gasteiger partial charge in [-0.1, -0.05) is 23.2 Å². The Hall–Kier alpha value is -0.970. The van der Waals surface area contributed by atoms with Crippen LogP contribution in [0.25, 0.3) is 0 Å². The maximum atomic E-state index is 12.4. The summed E-state index contributed by atoms with van der Waals surface area (Å²) in [6.45, 7) is 4.06. The van der Waals surface area contributed by atoms with Crippen LogP contribution in [0.5, 0.6) is 0 Å². The lowest BCUT2D eigenvalue weighted by Crippen LogP contribution is -2.40. The second-order valence-corrected chi connectivity index (χ2v) is 5.61. The highest BCUT2D eigenvalue weighted by Gasteiger charge is 2.24. The van der Waals surface area contributed by atoms with Gasteiger partial charge in [0.15, 0.2) is 0 Å². The molecule has 2 N–H and O–H groups in total. The smallest absolute Gasteiger partial charge is 0.253 e. The highest BCUT2D eigenvalue weighted by molar-refractivity contribution is 6.39. The first-order valence-corrected chi connectivity index (χ1v) is 7.44. The number of likely N-dealkylation sites (tertiary alicyclic amines) is 1. The van der Waals surface area contributed by atoms with Crippen molar-refractivity contribution in [1.29, 1.82) is 0 Å². The molecule has 1 aromatic carbocycles. The number of amides is 1. The first kappa shape index (κ1) is 15.4. The Morgan fingerprint density at radius 2 is 1.90 bits per heavy atom. The van der Waals surface area contributed by atoms with E-state index in [-0.39, 0.29) is 12.0 Å². The molecule has 6 heteroatoms. The molecule has 0 saturated carbocycles. The number of nitrogen functional groups attached to an aromatic ring is 1. The molecule has 0 aliphatic carbocycles. The monoisotopic (exact) mass is 316 g/mol. The van der Waals surface area contributed by atoms with Crippen molar-refractivity contribution in [2.24, 2.45) is 0 Å². The van der Waals surface area contributed by atoms with E-state index in [4.69, 9.17) is 33.7 Å². The van der Waals surface area contributed by atoms with Gasteiger partial charge in [-0.2, -0.15) is 0 Å². The van der Waals surface area contributed by atoms with E-state index in [2.05, 4.69) is 0 Å². The molecule has 0 unspecified atom stereocenters. The van der Waals surface area contributed by atoms with Gasteiger partial charge in [0.2, 0.25) is 0 Å². The third kappa shape index (κ3) is 3.37. The quantitative estimate of drug-likeness (QED) is 0.871. The van der Waals surface area contributed by atoms with Crippen molar-refractivity contribution in [2.45, 2.75) is 25.9 Å². The van der Waals surface area contributed by atoms with Gasteiger partial charge in [-0.05, 0) is 31.9 Å². The molecule has 1 aromatic rings. The van der Waals surface area contributed by atoms with Crippen molar-refractivity contribution < 1.29 is 9.53 Å². The molecule has 20 heavy (non-hydrogen) atoms. The number of rotatable bonds is 3. The molecular formula is C14H18Cl2N2O2. The highest BCUT2D eigenvalue weighted by Crippen LogP contribution is 2.29. The molecule has 2 rings (SSSR count). The van der Waals surface area contributed by atoms with E-state index in [1.165, 1.54) is 0 Å². The van der Waals surface area contributed by atoms with Crippen LogP contribution in [0.4, 0.5) is 5.69 Å². The van der Waals surface area contributed by atoms with Crippen LogP contribution in [0.2, 0.25) is 10.0 Å². The van der Waals surface area contributed by atoms with Crippen LogP contribution in [-0.2, 0) is 4.74 Å². The summed E-state index contributed by atoms with van der Waals surface area (Å²) in [4.78, 5) is 14.2. The highest BCUT2D eigenvalue weighted by atomic mass is 35.5. The molecule has 0 atom stereocenters. The fraction of sp³-hybridized carbons (Fsp3) is 0.500. The van der Waals surface area contributed by atoms with E-state index in [1.54, 1.807) is 17.0 Å². The second kappa shape index (κ2) is 6.66. The zero-order chi connectivity index (χ0) is 14.7. The van der Waals surface area contributed by atoms with Crippen molar-refractivity contribution in [3.8, 4) is 0 Å². The van der Waals surface area contributed by atoms with Gasteiger partial charge in [0, 0.05) is 25.3 Å². The van der Waals surface area contributed by atoms with E-state index in [9.17, 15) is 4.79 Å². The summed E-state index contributed by atoms with van der Waals surface area (Å²) in [5.74, 6) is -0.0660. The van der Waals surface area contributed by atoms with Gasteiger partial charge in [0.25, 0.3) is 5.91 Å². The predicted octanol–water partition coefficient (Wildman–Crippen LogP) is 3.22. The standard InChI is InChI=1S/C14H18Cl2N2O2/c1-2-20-10-3-5-18(6-4-10)14(19)9-7-11(15)13(17)12(16)8-9/h7-8,10H,2-6,17H2,1H3. The van der Waals surface area contributed by atoms with E-state index in [0.717, 1.165) is 12.8 Å². The van der Waals surface area contributed by atoms with Crippen molar-refractivity contribution in [3.05, 3.63) is 27.7 Å². The molecule has 1 fully saturated rings. The Balaban J connectivity index is 2.06. The number of halogens is 2. The van der Waals surface area contributed by atoms with Gasteiger partial charge in [-0.15, -0.1) is 0 Å². The maximum Gasteiger partial charge on any atom is 0.253 e. The Morgan fingerprint density at radius 3 is 2.40 bits per heavy atom. The molecule has 0 radical (unpaired) electrons. The summed E-state index contributed by atoms with van der Waals surface area (Å²) in [6.07, 6.45) is 1.97. The van der Waals surface area contributed by atoms with E-state index in [0.29, 0.717) is 41.0 Å². The number of hydrogen-bond donors (Lipinski definition) is 1. The molecule has 0 bridgehead atoms. The Labute approximate surface area is 128 Å². The number of ether oxygens (including phenoxy) is 1. The average Bonchev–Trinajstić information content (AvgIpc) is 2.44. The second-order valence-electron chi connectivity index (χ2n) is 4.80. The number of nitrogens with zero attached hydrogens (tertiary/aromatic N) is 1. The number of piperidine rings is 1. The van der Waals surface area contributed by atoms with E-state index in [1.807, 2.05) is 6.92 Å². The number of carbonyl (C=O) groups is 1. The van der Waals surface area contributed by atoms with Crippen LogP contribution in [0.3, 0.4) is 0 Å². The summed E-state index contributed by atoms with van der Waals surface area (Å²) in [6, 6.07) is 3.14. The SMILES string of the molecule is CCOC1CCN(C(=O)c2cc(Cl)c(N)c(Cl)c2)CC1. The van der Waals surface area contributed by atoms with E-state index >= 15 is 0 Å². The van der Waals surface area contributed by atoms with Crippen molar-refractivity contribution in [3.63, 3.8) is 0 Å². The van der Waals surface area contributed by atoms with Crippen LogP contribution in [0, 0.1) is 0 Å². The minimum atomic E-state index is -0.0660. The molecule has 0 spiro atoms. The fourth-order valence-corrected chi connectivity index (χ4v) is 2.84. The number of nitrogens with two attached hydrogens (primary N) is 1. The predicted molar refractivity (Wildman–Crippen MR) is 81.4 cm³/mol.